The van der Waals surface area contributed by atoms with Gasteiger partial charge in [0.1, 0.15) is 0 Å². The molecule has 1 heterocycles. The first-order valence-electron chi connectivity index (χ1n) is 11.4. The number of amides is 1. The Morgan fingerprint density at radius 1 is 1.30 bits per heavy atom. The minimum atomic E-state index is -0.234. The summed E-state index contributed by atoms with van der Waals surface area (Å²) in [6.45, 7) is 9.63. The summed E-state index contributed by atoms with van der Waals surface area (Å²) in [5.74, 6) is 0.311. The average Bonchev–Trinajstić information content (AvgIpc) is 2.91. The number of hydrogen-bond acceptors (Lipinski definition) is 4. The van der Waals surface area contributed by atoms with Gasteiger partial charge >= 0.3 is 0 Å². The van der Waals surface area contributed by atoms with E-state index >= 15 is 0 Å². The van der Waals surface area contributed by atoms with Crippen LogP contribution in [0.5, 0.6) is 0 Å². The molecule has 162 valence electrons. The van der Waals surface area contributed by atoms with Crippen LogP contribution in [0.15, 0.2) is 46.1 Å². The maximum atomic E-state index is 13.6. The van der Waals surface area contributed by atoms with E-state index in [1.807, 2.05) is 28.8 Å². The maximum Gasteiger partial charge on any atom is 0.233 e. The highest BCUT2D eigenvalue weighted by Crippen LogP contribution is 2.49. The lowest BCUT2D eigenvalue weighted by Crippen LogP contribution is -2.42. The summed E-state index contributed by atoms with van der Waals surface area (Å²) in [6.07, 6.45) is 13.4. The van der Waals surface area contributed by atoms with Crippen molar-refractivity contribution >= 4 is 23.5 Å². The average molecular weight is 427 g/mol. The third-order valence-electron chi connectivity index (χ3n) is 7.06. The number of hydrogen-bond donors (Lipinski definition) is 1. The minimum Gasteiger partial charge on any atom is -0.312 e. The molecule has 4 aliphatic rings. The van der Waals surface area contributed by atoms with Gasteiger partial charge in [0.25, 0.3) is 0 Å². The van der Waals surface area contributed by atoms with E-state index < -0.39 is 0 Å². The number of rotatable bonds is 6. The maximum absolute atomic E-state index is 13.6. The molecule has 4 rings (SSSR count). The molecule has 1 spiro atoms. The van der Waals surface area contributed by atoms with E-state index in [9.17, 15) is 9.59 Å². The molecule has 0 aromatic rings. The topological polar surface area (TPSA) is 49.4 Å². The van der Waals surface area contributed by atoms with Crippen molar-refractivity contribution in [2.45, 2.75) is 83.6 Å². The fraction of sp³-hybridized carbons (Fsp3) is 0.600. The Kier molecular flexibility index (Phi) is 6.13. The molecule has 1 amide bonds. The fourth-order valence-corrected chi connectivity index (χ4v) is 6.38. The van der Waals surface area contributed by atoms with Crippen LogP contribution >= 0.6 is 11.8 Å². The number of nitrogens with zero attached hydrogens (tertiary/aromatic N) is 1. The molecule has 0 radical (unpaired) electrons. The fourth-order valence-electron chi connectivity index (χ4n) is 5.47. The van der Waals surface area contributed by atoms with Crippen molar-refractivity contribution in [1.29, 1.82) is 0 Å². The molecule has 1 unspecified atom stereocenters. The highest BCUT2D eigenvalue weighted by molar-refractivity contribution is 8.03. The van der Waals surface area contributed by atoms with Gasteiger partial charge in [-0.2, -0.15) is 0 Å². The van der Waals surface area contributed by atoms with Crippen LogP contribution in [0.3, 0.4) is 0 Å². The number of thioether (sulfide) groups is 1. The number of likely N-dealkylation sites (tertiary alicyclic amines) is 1. The quantitative estimate of drug-likeness (QED) is 0.657. The van der Waals surface area contributed by atoms with Crippen molar-refractivity contribution in [1.82, 2.24) is 10.2 Å². The minimum absolute atomic E-state index is 0.0571. The van der Waals surface area contributed by atoms with Crippen LogP contribution in [0.25, 0.3) is 0 Å². The second kappa shape index (κ2) is 8.51. The van der Waals surface area contributed by atoms with E-state index in [0.29, 0.717) is 17.7 Å². The molecule has 1 N–H and O–H groups in total. The van der Waals surface area contributed by atoms with Gasteiger partial charge in [0.2, 0.25) is 5.91 Å². The van der Waals surface area contributed by atoms with Crippen LogP contribution in [0.4, 0.5) is 0 Å². The van der Waals surface area contributed by atoms with Gasteiger partial charge in [0, 0.05) is 47.6 Å². The Balaban J connectivity index is 1.36. The van der Waals surface area contributed by atoms with Gasteiger partial charge in [0.05, 0.1) is 5.41 Å². The molecule has 3 aliphatic carbocycles. The zero-order valence-corrected chi connectivity index (χ0v) is 19.5. The van der Waals surface area contributed by atoms with E-state index in [1.165, 1.54) is 4.91 Å². The SMILES string of the molecule is C/C=C(/CNC1CCC2(CC1)CC(C)N(C1=CC(=O)C3=C(C=C3)C1)C2=O)SC(C)C. The van der Waals surface area contributed by atoms with Crippen LogP contribution in [0.1, 0.15) is 66.2 Å². The molecule has 4 nitrogen and oxygen atoms in total. The van der Waals surface area contributed by atoms with Crippen molar-refractivity contribution in [2.75, 3.05) is 6.54 Å². The van der Waals surface area contributed by atoms with E-state index in [0.717, 1.165) is 55.5 Å². The third-order valence-corrected chi connectivity index (χ3v) is 8.21. The molecule has 0 aromatic heterocycles. The van der Waals surface area contributed by atoms with Gasteiger partial charge in [-0.1, -0.05) is 32.1 Å². The first-order valence-corrected chi connectivity index (χ1v) is 12.3. The van der Waals surface area contributed by atoms with E-state index in [1.54, 1.807) is 6.08 Å². The van der Waals surface area contributed by atoms with Gasteiger partial charge in [-0.05, 0) is 56.4 Å². The molecule has 30 heavy (non-hydrogen) atoms. The number of carbonyl (C=O) groups excluding carboxylic acids is 2. The standard InChI is InChI=1S/C25H34N2O2S/c1-5-21(30-16(2)3)15-26-19-8-10-25(11-9-19)14-17(4)27(24(25)29)20-12-18-6-7-22(18)23(28)13-20/h5-7,13,16-17,19,26H,8-12,14-15H2,1-4H3/b21-5-. The van der Waals surface area contributed by atoms with E-state index in [4.69, 9.17) is 0 Å². The van der Waals surface area contributed by atoms with Gasteiger partial charge < -0.3 is 10.2 Å². The number of carbonyl (C=O) groups is 2. The molecule has 0 aromatic carbocycles. The Bertz CT molecular complexity index is 856. The lowest BCUT2D eigenvalue weighted by molar-refractivity contribution is -0.136. The monoisotopic (exact) mass is 426 g/mol. The van der Waals surface area contributed by atoms with Gasteiger partial charge in [0.15, 0.2) is 5.78 Å². The zero-order chi connectivity index (χ0) is 21.5. The van der Waals surface area contributed by atoms with Crippen LogP contribution in [0.2, 0.25) is 0 Å². The highest BCUT2D eigenvalue weighted by atomic mass is 32.2. The van der Waals surface area contributed by atoms with Gasteiger partial charge in [-0.25, -0.2) is 0 Å². The molecular weight excluding hydrogens is 392 g/mol. The van der Waals surface area contributed by atoms with Crippen LogP contribution in [0, 0.1) is 5.41 Å². The van der Waals surface area contributed by atoms with E-state index in [-0.39, 0.29) is 23.1 Å². The Morgan fingerprint density at radius 3 is 2.60 bits per heavy atom. The predicted molar refractivity (Wildman–Crippen MR) is 124 cm³/mol. The highest BCUT2D eigenvalue weighted by Gasteiger charge is 2.52. The summed E-state index contributed by atoms with van der Waals surface area (Å²) >= 11 is 1.92. The van der Waals surface area contributed by atoms with Crippen LogP contribution in [-0.4, -0.2) is 40.5 Å². The molecule has 0 bridgehead atoms. The Labute approximate surface area is 184 Å². The van der Waals surface area contributed by atoms with E-state index in [2.05, 4.69) is 39.1 Å². The number of allylic oxidation sites excluding steroid dienone is 6. The lowest BCUT2D eigenvalue weighted by atomic mass is 9.70. The molecule has 1 aliphatic heterocycles. The van der Waals surface area contributed by atoms with Crippen molar-refractivity contribution in [3.05, 3.63) is 46.1 Å². The zero-order valence-electron chi connectivity index (χ0n) is 18.7. The molecule has 1 atom stereocenters. The summed E-state index contributed by atoms with van der Waals surface area (Å²) in [6, 6.07) is 0.656. The molecule has 1 saturated heterocycles. The normalized spacial score (nSPS) is 31.6. The first-order chi connectivity index (χ1) is 14.3. The van der Waals surface area contributed by atoms with Crippen molar-refractivity contribution in [3.63, 3.8) is 0 Å². The number of nitrogens with one attached hydrogen (secondary N) is 1. The third kappa shape index (κ3) is 3.99. The summed E-state index contributed by atoms with van der Waals surface area (Å²) < 4.78 is 0. The summed E-state index contributed by atoms with van der Waals surface area (Å²) in [5.41, 5.74) is 2.59. The van der Waals surface area contributed by atoms with Crippen molar-refractivity contribution < 1.29 is 9.59 Å². The second-order valence-corrected chi connectivity index (χ2v) is 11.2. The van der Waals surface area contributed by atoms with Gasteiger partial charge in [-0.15, -0.1) is 11.8 Å². The van der Waals surface area contributed by atoms with Gasteiger partial charge in [-0.3, -0.25) is 9.59 Å². The summed E-state index contributed by atoms with van der Waals surface area (Å²) in [4.78, 5) is 29.2. The summed E-state index contributed by atoms with van der Waals surface area (Å²) in [7, 11) is 0. The number of ketones is 1. The van der Waals surface area contributed by atoms with Crippen molar-refractivity contribution in [2.24, 2.45) is 5.41 Å². The predicted octanol–water partition coefficient (Wildman–Crippen LogP) is 4.89. The molecule has 1 saturated carbocycles. The van der Waals surface area contributed by atoms with Crippen molar-refractivity contribution in [3.8, 4) is 0 Å². The van der Waals surface area contributed by atoms with Crippen LogP contribution < -0.4 is 5.32 Å². The molecule has 2 fully saturated rings. The second-order valence-electron chi connectivity index (χ2n) is 9.53. The summed E-state index contributed by atoms with van der Waals surface area (Å²) in [5, 5.41) is 4.32. The Morgan fingerprint density at radius 2 is 2.03 bits per heavy atom. The smallest absolute Gasteiger partial charge is 0.233 e. The van der Waals surface area contributed by atoms with Crippen LogP contribution in [-0.2, 0) is 9.59 Å². The largest absolute Gasteiger partial charge is 0.312 e. The first kappa shape index (κ1) is 21.6. The lowest BCUT2D eigenvalue weighted by Gasteiger charge is -2.37. The Hall–Kier alpha value is -1.59. The molecule has 5 heteroatoms. The molecular formula is C25H34N2O2S.